The lowest BCUT2D eigenvalue weighted by molar-refractivity contribution is -0.159. The lowest BCUT2D eigenvalue weighted by Crippen LogP contribution is -2.64. The van der Waals surface area contributed by atoms with E-state index in [1.807, 2.05) is 31.9 Å². The third-order valence-corrected chi connectivity index (χ3v) is 17.8. The van der Waals surface area contributed by atoms with Crippen LogP contribution in [0, 0.1) is 11.8 Å². The monoisotopic (exact) mass is 1600 g/mol. The number of para-hydroxylation sites is 1. The van der Waals surface area contributed by atoms with Crippen LogP contribution in [0.5, 0.6) is 0 Å². The average Bonchev–Trinajstić information content (AvgIpc) is 1.74. The molecule has 44 heteroatoms. The molecule has 1 aromatic heterocycles. The Labute approximate surface area is 646 Å². The number of carboxylic acids is 4. The van der Waals surface area contributed by atoms with Crippen molar-refractivity contribution in [3.8, 4) is 0 Å². The summed E-state index contributed by atoms with van der Waals surface area (Å²) in [6, 6.07) is -16.4. The predicted octanol–water partition coefficient (Wildman–Crippen LogP) is -7.36. The number of ether oxygens (including phenoxy) is 2. The Morgan fingerprint density at radius 1 is 0.637 bits per heavy atom. The van der Waals surface area contributed by atoms with Crippen LogP contribution in [-0.2, 0) is 112 Å². The van der Waals surface area contributed by atoms with Crippen molar-refractivity contribution in [1.82, 2.24) is 73.7 Å². The maximum atomic E-state index is 14.9. The second kappa shape index (κ2) is 46.6. The normalized spacial score (nSPS) is 22.1. The molecule has 15 amide bonds. The largest absolute Gasteiger partial charge is 0.481 e. The van der Waals surface area contributed by atoms with E-state index in [0.29, 0.717) is 40.1 Å². The van der Waals surface area contributed by atoms with E-state index in [0.717, 1.165) is 53.7 Å². The maximum absolute atomic E-state index is 14.9. The van der Waals surface area contributed by atoms with Crippen molar-refractivity contribution in [1.29, 1.82) is 0 Å². The van der Waals surface area contributed by atoms with Crippen molar-refractivity contribution in [2.45, 2.75) is 216 Å². The predicted molar refractivity (Wildman–Crippen MR) is 388 cm³/mol. The molecule has 0 aliphatic carbocycles. The van der Waals surface area contributed by atoms with Gasteiger partial charge < -0.3 is 125 Å². The van der Waals surface area contributed by atoms with Gasteiger partial charge in [-0.1, -0.05) is 78.0 Å². The van der Waals surface area contributed by atoms with Gasteiger partial charge in [-0.25, -0.2) is 9.59 Å². The molecule has 0 saturated carbocycles. The van der Waals surface area contributed by atoms with Gasteiger partial charge >= 0.3 is 29.8 Å². The number of hydrogen-bond donors (Lipinski definition) is 21. The number of benzene rings is 1. The Balaban J connectivity index is 2.23. The minimum Gasteiger partial charge on any atom is -0.481 e. The van der Waals surface area contributed by atoms with E-state index in [4.69, 9.17) is 20.9 Å². The van der Waals surface area contributed by atoms with Gasteiger partial charge in [-0.3, -0.25) is 86.3 Å². The fraction of sp³-hybridized carbons (Fsp3) is 0.594. The van der Waals surface area contributed by atoms with E-state index >= 15 is 0 Å². The van der Waals surface area contributed by atoms with Gasteiger partial charge in [0, 0.05) is 56.9 Å². The smallest absolute Gasteiger partial charge is 0.335 e. The summed E-state index contributed by atoms with van der Waals surface area (Å²) in [5.74, 6) is -30.0. The van der Waals surface area contributed by atoms with E-state index < -0.39 is 267 Å². The molecule has 23 N–H and O–H groups in total. The summed E-state index contributed by atoms with van der Waals surface area (Å²) in [5.41, 5.74) is 12.0. The second-order valence-electron chi connectivity index (χ2n) is 27.2. The molecule has 0 spiro atoms. The molecule has 1 fully saturated rings. The number of likely N-dealkylation sites (N-methyl/N-ethyl adjacent to an activating group) is 1. The zero-order chi connectivity index (χ0) is 85.3. The Bertz CT molecular complexity index is 3800. The van der Waals surface area contributed by atoms with Crippen LogP contribution in [0.2, 0.25) is 0 Å². The molecule has 44 nitrogen and oxygen atoms in total. The fourth-order valence-corrected chi connectivity index (χ4v) is 11.2. The number of unbranched alkanes of at least 4 members (excludes halogenated alkanes) is 3. The van der Waals surface area contributed by atoms with E-state index in [2.05, 4.69) is 50.7 Å². The summed E-state index contributed by atoms with van der Waals surface area (Å²) in [6.45, 7) is 4.86. The maximum Gasteiger partial charge on any atom is 0.335 e. The van der Waals surface area contributed by atoms with Crippen molar-refractivity contribution in [3.63, 3.8) is 0 Å². The van der Waals surface area contributed by atoms with Crippen molar-refractivity contribution in [3.05, 3.63) is 36.0 Å². The van der Waals surface area contributed by atoms with E-state index in [1.165, 1.54) is 13.8 Å². The van der Waals surface area contributed by atoms with Gasteiger partial charge in [0.1, 0.15) is 72.6 Å². The van der Waals surface area contributed by atoms with Gasteiger partial charge in [-0.05, 0) is 56.6 Å². The summed E-state index contributed by atoms with van der Waals surface area (Å²) in [4.78, 5) is 274. The number of rotatable bonds is 34. The van der Waals surface area contributed by atoms with Crippen LogP contribution < -0.4 is 75.3 Å². The summed E-state index contributed by atoms with van der Waals surface area (Å²) < 4.78 is 10.5. The third-order valence-electron chi connectivity index (χ3n) is 17.8. The quantitative estimate of drug-likeness (QED) is 0.0229. The van der Waals surface area contributed by atoms with Crippen LogP contribution in [0.1, 0.15) is 131 Å². The van der Waals surface area contributed by atoms with Gasteiger partial charge in [0.25, 0.3) is 0 Å². The van der Waals surface area contributed by atoms with Gasteiger partial charge in [-0.2, -0.15) is 0 Å². The number of aliphatic carboxylic acids is 4. The number of nitrogens with zero attached hydrogens (tertiary/aromatic N) is 1. The first-order chi connectivity index (χ1) is 53.0. The van der Waals surface area contributed by atoms with Gasteiger partial charge in [0.2, 0.25) is 88.6 Å². The zero-order valence-corrected chi connectivity index (χ0v) is 63.4. The van der Waals surface area contributed by atoms with Crippen molar-refractivity contribution < 1.29 is 136 Å². The number of hydrogen-bond acceptors (Lipinski definition) is 24. The molecule has 2 heterocycles. The molecule has 626 valence electrons. The SMILES string of the molecule is CCC(C)CCCCCCC(=O)NC(Cc1c[nH]c2ccccc12)C(=O)NC(CCC(=O)O)C(=O)NC(C(=O)NC1C(=O)N(C)CC(=O)NC(C)C(=O)NC(CC(=O)O)C(=O)NC(CO)C(=O)NC(C(OC)C(=O)O)C(=O)NCC(=O)NC(CC(N)=O)C(=O)NC(CCC(=O)O)C(=O)NC(C(C)C)C(=O)OC1C)C(O)C(N)=O. The highest BCUT2D eigenvalue weighted by Crippen LogP contribution is 2.21. The number of nitrogens with one attached hydrogen (secondary N) is 13. The number of cyclic esters (lactones) is 1. The molecule has 1 aliphatic heterocycles. The number of methoxy groups -OCH3 is 1. The molecular formula is C69H102N16O28. The van der Waals surface area contributed by atoms with Crippen LogP contribution in [0.15, 0.2) is 30.5 Å². The number of aromatic nitrogens is 1. The molecular weight excluding hydrogens is 1500 g/mol. The van der Waals surface area contributed by atoms with Crippen LogP contribution in [0.25, 0.3) is 10.9 Å². The number of carbonyl (C=O) groups is 20. The highest BCUT2D eigenvalue weighted by atomic mass is 16.5. The average molecular weight is 1600 g/mol. The van der Waals surface area contributed by atoms with Crippen molar-refractivity contribution >= 4 is 129 Å². The minimum atomic E-state index is -2.81. The third kappa shape index (κ3) is 31.7. The number of H-pyrrole nitrogens is 1. The van der Waals surface area contributed by atoms with Crippen molar-refractivity contribution in [2.75, 3.05) is 33.9 Å². The zero-order valence-electron chi connectivity index (χ0n) is 63.4. The fourth-order valence-electron chi connectivity index (χ4n) is 11.2. The van der Waals surface area contributed by atoms with Crippen LogP contribution in [0.4, 0.5) is 0 Å². The first-order valence-electron chi connectivity index (χ1n) is 35.9. The number of amides is 15. The number of nitrogens with two attached hydrogens (primary N) is 2. The minimum absolute atomic E-state index is 0.0297. The summed E-state index contributed by atoms with van der Waals surface area (Å²) >= 11 is 0. The Morgan fingerprint density at radius 2 is 1.22 bits per heavy atom. The molecule has 0 bridgehead atoms. The molecule has 0 radical (unpaired) electrons. The number of aliphatic hydroxyl groups excluding tert-OH is 2. The first kappa shape index (κ1) is 95.2. The molecule has 3 rings (SSSR count). The Morgan fingerprint density at radius 3 is 1.81 bits per heavy atom. The number of carbonyl (C=O) groups excluding carboxylic acids is 16. The number of aromatic amines is 1. The number of primary amides is 2. The lowest BCUT2D eigenvalue weighted by atomic mass is 10.00. The number of esters is 1. The first-order valence-corrected chi connectivity index (χ1v) is 35.9. The van der Waals surface area contributed by atoms with Gasteiger partial charge in [-0.15, -0.1) is 0 Å². The number of fused-ring (bicyclic) bond motifs is 1. The topological polar surface area (TPSA) is 697 Å². The Hall–Kier alpha value is -12.0. The van der Waals surface area contributed by atoms with Crippen LogP contribution in [-0.4, -0.2) is 278 Å². The molecule has 15 unspecified atom stereocenters. The summed E-state index contributed by atoms with van der Waals surface area (Å²) in [5, 5.41) is 86.8. The van der Waals surface area contributed by atoms with E-state index in [1.54, 1.807) is 30.5 Å². The Kier molecular flexibility index (Phi) is 39.3. The standard InChI is InChI=1S/C69H102N16O28/c1-9-32(4)16-12-10-11-13-19-45(88)75-40(24-35-27-72-37-18-15-14-17-36(35)37)61(102)77-39(21-23-49(93)94)60(101)83-53(55(97)57(71)98)66(107)82-52-34(6)113-69(111)51(31(2)3)81-59(100)38(20-22-48(91)92)78-62(103)41(25-44(70)87)76-46(89)28-73-65(106)54(56(112-8)68(109)110)84-64(105)43(30-86)80-63(104)42(26-50(95)96)79-58(99)33(5)74-47(90)29-85(7)67(52)108/h14-15,17-18,27,31-34,38-43,51-56,72,86,97H,9-13,16,19-26,28-30H2,1-8H3,(H2,70,87)(H2,71,98)(H,73,106)(H,74,90)(H,75,88)(H,76,89)(H,77,102)(H,78,103)(H,79,99)(H,80,104)(H,81,100)(H,82,107)(H,83,101)(H,84,105)(H,91,92)(H,93,94)(H,95,96)(H,109,110). The summed E-state index contributed by atoms with van der Waals surface area (Å²) in [6.07, 6.45) is -6.89. The molecule has 2 aromatic rings. The van der Waals surface area contributed by atoms with Crippen molar-refractivity contribution in [2.24, 2.45) is 23.3 Å². The number of aliphatic hydroxyl groups is 2. The molecule has 1 saturated heterocycles. The second-order valence-corrected chi connectivity index (χ2v) is 27.2. The highest BCUT2D eigenvalue weighted by molar-refractivity contribution is 6.02. The van der Waals surface area contributed by atoms with Gasteiger partial charge in [0.05, 0.1) is 32.5 Å². The van der Waals surface area contributed by atoms with Crippen LogP contribution >= 0.6 is 0 Å². The number of carboxylic acid groups (broad SMARTS) is 4. The molecule has 1 aromatic carbocycles. The van der Waals surface area contributed by atoms with E-state index in [9.17, 15) is 127 Å². The van der Waals surface area contributed by atoms with Gasteiger partial charge in [0.15, 0.2) is 12.2 Å². The summed E-state index contributed by atoms with van der Waals surface area (Å²) in [7, 11) is 1.62. The molecule has 15 atom stereocenters. The molecule has 113 heavy (non-hydrogen) atoms. The van der Waals surface area contributed by atoms with E-state index in [-0.39, 0.29) is 12.8 Å². The molecule has 1 aliphatic rings. The highest BCUT2D eigenvalue weighted by Gasteiger charge is 2.43. The van der Waals surface area contributed by atoms with Crippen LogP contribution in [0.3, 0.4) is 0 Å². The lowest BCUT2D eigenvalue weighted by Gasteiger charge is -2.32.